The SMILES string of the molecule is CN(CCc1nccs1)c1cc(N2CCCC(CO)C2)ncn1. The normalized spacial score (nSPS) is 18.2. The van der Waals surface area contributed by atoms with Crippen molar-refractivity contribution in [3.05, 3.63) is 29.0 Å². The molecule has 3 heterocycles. The van der Waals surface area contributed by atoms with Gasteiger partial charge in [-0.1, -0.05) is 0 Å². The van der Waals surface area contributed by atoms with E-state index in [4.69, 9.17) is 0 Å². The number of hydrogen-bond acceptors (Lipinski definition) is 7. The molecule has 7 heteroatoms. The summed E-state index contributed by atoms with van der Waals surface area (Å²) in [6, 6.07) is 2.04. The topological polar surface area (TPSA) is 65.4 Å². The molecule has 0 aliphatic carbocycles. The van der Waals surface area contributed by atoms with Gasteiger partial charge in [-0.25, -0.2) is 15.0 Å². The molecule has 1 N–H and O–H groups in total. The number of aliphatic hydroxyl groups excluding tert-OH is 1. The second kappa shape index (κ2) is 7.70. The average molecular weight is 333 g/mol. The summed E-state index contributed by atoms with van der Waals surface area (Å²) in [4.78, 5) is 17.5. The molecule has 0 aromatic carbocycles. The molecular weight excluding hydrogens is 310 g/mol. The van der Waals surface area contributed by atoms with Crippen LogP contribution in [0, 0.1) is 5.92 Å². The van der Waals surface area contributed by atoms with Crippen LogP contribution in [0.25, 0.3) is 0 Å². The molecule has 2 aromatic rings. The van der Waals surface area contributed by atoms with Gasteiger partial charge in [0.25, 0.3) is 0 Å². The van der Waals surface area contributed by atoms with E-state index in [1.54, 1.807) is 17.7 Å². The van der Waals surface area contributed by atoms with Crippen molar-refractivity contribution in [2.24, 2.45) is 5.92 Å². The van der Waals surface area contributed by atoms with Gasteiger partial charge < -0.3 is 14.9 Å². The number of piperidine rings is 1. The molecule has 3 rings (SSSR count). The molecular formula is C16H23N5OS. The van der Waals surface area contributed by atoms with Crippen LogP contribution in [0.15, 0.2) is 24.0 Å². The maximum absolute atomic E-state index is 9.39. The Morgan fingerprint density at radius 1 is 1.39 bits per heavy atom. The van der Waals surface area contributed by atoms with Crippen molar-refractivity contribution in [1.82, 2.24) is 15.0 Å². The Kier molecular flexibility index (Phi) is 5.40. The minimum atomic E-state index is 0.252. The largest absolute Gasteiger partial charge is 0.396 e. The number of aliphatic hydroxyl groups is 1. The van der Waals surface area contributed by atoms with Crippen molar-refractivity contribution in [1.29, 1.82) is 0 Å². The minimum Gasteiger partial charge on any atom is -0.396 e. The number of nitrogens with zero attached hydrogens (tertiary/aromatic N) is 5. The maximum Gasteiger partial charge on any atom is 0.134 e. The fraction of sp³-hybridized carbons (Fsp3) is 0.562. The zero-order valence-electron chi connectivity index (χ0n) is 13.4. The number of anilines is 2. The van der Waals surface area contributed by atoms with Crippen LogP contribution in [0.5, 0.6) is 0 Å². The van der Waals surface area contributed by atoms with E-state index in [9.17, 15) is 5.11 Å². The Bertz CT molecular complexity index is 606. The van der Waals surface area contributed by atoms with Gasteiger partial charge in [-0.3, -0.25) is 0 Å². The highest BCUT2D eigenvalue weighted by Crippen LogP contribution is 2.23. The molecule has 1 saturated heterocycles. The summed E-state index contributed by atoms with van der Waals surface area (Å²) in [5.74, 6) is 2.23. The van der Waals surface area contributed by atoms with Crippen molar-refractivity contribution in [3.8, 4) is 0 Å². The van der Waals surface area contributed by atoms with Gasteiger partial charge in [-0.05, 0) is 18.8 Å². The Labute approximate surface area is 140 Å². The van der Waals surface area contributed by atoms with Crippen LogP contribution in [-0.4, -0.2) is 53.3 Å². The highest BCUT2D eigenvalue weighted by molar-refractivity contribution is 7.09. The average Bonchev–Trinajstić information content (AvgIpc) is 3.13. The quantitative estimate of drug-likeness (QED) is 0.870. The number of rotatable bonds is 6. The molecule has 2 aromatic heterocycles. The molecule has 0 amide bonds. The first-order valence-corrected chi connectivity index (χ1v) is 8.91. The lowest BCUT2D eigenvalue weighted by atomic mass is 9.99. The van der Waals surface area contributed by atoms with E-state index < -0.39 is 0 Å². The van der Waals surface area contributed by atoms with Crippen LogP contribution in [0.4, 0.5) is 11.6 Å². The summed E-state index contributed by atoms with van der Waals surface area (Å²) in [7, 11) is 2.05. The van der Waals surface area contributed by atoms with Gasteiger partial charge in [0.1, 0.15) is 18.0 Å². The second-order valence-electron chi connectivity index (χ2n) is 5.97. The summed E-state index contributed by atoms with van der Waals surface area (Å²) in [6.07, 6.45) is 6.59. The Balaban J connectivity index is 1.64. The maximum atomic E-state index is 9.39. The van der Waals surface area contributed by atoms with E-state index >= 15 is 0 Å². The third kappa shape index (κ3) is 4.17. The van der Waals surface area contributed by atoms with Crippen molar-refractivity contribution in [2.45, 2.75) is 19.3 Å². The van der Waals surface area contributed by atoms with E-state index in [2.05, 4.69) is 24.8 Å². The van der Waals surface area contributed by atoms with E-state index in [1.807, 2.05) is 24.7 Å². The summed E-state index contributed by atoms with van der Waals surface area (Å²) in [6.45, 7) is 3.00. The lowest BCUT2D eigenvalue weighted by Gasteiger charge is -2.33. The number of hydrogen-bond donors (Lipinski definition) is 1. The van der Waals surface area contributed by atoms with Gasteiger partial charge >= 0.3 is 0 Å². The molecule has 1 unspecified atom stereocenters. The fourth-order valence-electron chi connectivity index (χ4n) is 2.90. The number of likely N-dealkylation sites (N-methyl/N-ethyl adjacent to an activating group) is 1. The van der Waals surface area contributed by atoms with Crippen molar-refractivity contribution in [2.75, 3.05) is 43.1 Å². The molecule has 1 aliphatic rings. The molecule has 124 valence electrons. The molecule has 1 atom stereocenters. The van der Waals surface area contributed by atoms with E-state index in [1.165, 1.54) is 0 Å². The third-order valence-corrected chi connectivity index (χ3v) is 5.11. The third-order valence-electron chi connectivity index (χ3n) is 4.28. The van der Waals surface area contributed by atoms with Crippen molar-refractivity contribution >= 4 is 23.0 Å². The first-order chi connectivity index (χ1) is 11.3. The summed E-state index contributed by atoms with van der Waals surface area (Å²) in [5.41, 5.74) is 0. The highest BCUT2D eigenvalue weighted by atomic mass is 32.1. The molecule has 0 bridgehead atoms. The van der Waals surface area contributed by atoms with E-state index in [-0.39, 0.29) is 6.61 Å². The first kappa shape index (κ1) is 16.1. The zero-order valence-corrected chi connectivity index (χ0v) is 14.2. The van der Waals surface area contributed by atoms with E-state index in [0.29, 0.717) is 5.92 Å². The predicted molar refractivity (Wildman–Crippen MR) is 93.1 cm³/mol. The minimum absolute atomic E-state index is 0.252. The van der Waals surface area contributed by atoms with Crippen LogP contribution >= 0.6 is 11.3 Å². The molecule has 0 radical (unpaired) electrons. The summed E-state index contributed by atoms with van der Waals surface area (Å²) >= 11 is 1.69. The monoisotopic (exact) mass is 333 g/mol. The molecule has 0 spiro atoms. The lowest BCUT2D eigenvalue weighted by Crippen LogP contribution is -2.37. The highest BCUT2D eigenvalue weighted by Gasteiger charge is 2.20. The zero-order chi connectivity index (χ0) is 16.1. The lowest BCUT2D eigenvalue weighted by molar-refractivity contribution is 0.208. The standard InChI is InChI=1S/C16H23N5OS/c1-20(7-4-16-17-5-8-23-16)14-9-15(19-12-18-14)21-6-2-3-13(10-21)11-22/h5,8-9,12-13,22H,2-4,6-7,10-11H2,1H3. The van der Waals surface area contributed by atoms with Crippen molar-refractivity contribution in [3.63, 3.8) is 0 Å². The Morgan fingerprint density at radius 3 is 3.09 bits per heavy atom. The summed E-state index contributed by atoms with van der Waals surface area (Å²) < 4.78 is 0. The van der Waals surface area contributed by atoms with Gasteiger partial charge in [0.2, 0.25) is 0 Å². The van der Waals surface area contributed by atoms with Crippen molar-refractivity contribution < 1.29 is 5.11 Å². The molecule has 6 nitrogen and oxygen atoms in total. The van der Waals surface area contributed by atoms with Crippen LogP contribution in [0.1, 0.15) is 17.8 Å². The van der Waals surface area contributed by atoms with Crippen LogP contribution in [0.2, 0.25) is 0 Å². The van der Waals surface area contributed by atoms with Crippen LogP contribution in [-0.2, 0) is 6.42 Å². The molecule has 1 fully saturated rings. The van der Waals surface area contributed by atoms with Gasteiger partial charge in [0.05, 0.1) is 5.01 Å². The second-order valence-corrected chi connectivity index (χ2v) is 6.95. The predicted octanol–water partition coefficient (Wildman–Crippen LogP) is 1.82. The smallest absolute Gasteiger partial charge is 0.134 e. The van der Waals surface area contributed by atoms with E-state index in [0.717, 1.165) is 55.5 Å². The molecule has 23 heavy (non-hydrogen) atoms. The van der Waals surface area contributed by atoms with Gasteiger partial charge in [0, 0.05) is 57.4 Å². The van der Waals surface area contributed by atoms with Gasteiger partial charge in [-0.15, -0.1) is 11.3 Å². The van der Waals surface area contributed by atoms with Gasteiger partial charge in [-0.2, -0.15) is 0 Å². The molecule has 1 aliphatic heterocycles. The number of aromatic nitrogens is 3. The number of thiazole rings is 1. The van der Waals surface area contributed by atoms with Crippen LogP contribution < -0.4 is 9.80 Å². The first-order valence-electron chi connectivity index (χ1n) is 8.03. The molecule has 0 saturated carbocycles. The fourth-order valence-corrected chi connectivity index (χ4v) is 3.51. The Hall–Kier alpha value is -1.73. The van der Waals surface area contributed by atoms with Crippen LogP contribution in [0.3, 0.4) is 0 Å². The summed E-state index contributed by atoms with van der Waals surface area (Å²) in [5, 5.41) is 12.5. The van der Waals surface area contributed by atoms with Gasteiger partial charge in [0.15, 0.2) is 0 Å². The Morgan fingerprint density at radius 2 is 2.30 bits per heavy atom.